The van der Waals surface area contributed by atoms with Crippen LogP contribution in [0.2, 0.25) is 0 Å². The minimum Gasteiger partial charge on any atom is -0.396 e. The van der Waals surface area contributed by atoms with Crippen molar-refractivity contribution in [1.29, 1.82) is 0 Å². The third-order valence-electron chi connectivity index (χ3n) is 3.69. The molecule has 0 bridgehead atoms. The molecule has 0 aromatic carbocycles. The Morgan fingerprint density at radius 1 is 1.33 bits per heavy atom. The predicted octanol–water partition coefficient (Wildman–Crippen LogP) is 2.29. The second-order valence-corrected chi connectivity index (χ2v) is 5.44. The van der Waals surface area contributed by atoms with Crippen LogP contribution in [0.15, 0.2) is 0 Å². The molecule has 1 aliphatic heterocycles. The third kappa shape index (κ3) is 1.39. The van der Waals surface area contributed by atoms with Gasteiger partial charge in [0.15, 0.2) is 0 Å². The minimum atomic E-state index is 0.368. The van der Waals surface area contributed by atoms with Gasteiger partial charge < -0.3 is 5.11 Å². The highest BCUT2D eigenvalue weighted by Crippen LogP contribution is 2.50. The molecule has 1 aliphatic carbocycles. The lowest BCUT2D eigenvalue weighted by Gasteiger charge is -2.48. The van der Waals surface area contributed by atoms with E-state index in [1.807, 2.05) is 0 Å². The van der Waals surface area contributed by atoms with Crippen LogP contribution < -0.4 is 0 Å². The van der Waals surface area contributed by atoms with Crippen molar-refractivity contribution in [2.24, 2.45) is 11.3 Å². The highest BCUT2D eigenvalue weighted by Gasteiger charge is 2.43. The van der Waals surface area contributed by atoms with Crippen molar-refractivity contribution in [3.05, 3.63) is 0 Å². The van der Waals surface area contributed by atoms with Crippen LogP contribution in [-0.4, -0.2) is 23.2 Å². The van der Waals surface area contributed by atoms with Gasteiger partial charge in [0.05, 0.1) is 0 Å². The van der Waals surface area contributed by atoms with Crippen molar-refractivity contribution < 1.29 is 5.11 Å². The van der Waals surface area contributed by atoms with Crippen LogP contribution >= 0.6 is 11.8 Å². The van der Waals surface area contributed by atoms with Crippen LogP contribution in [0, 0.1) is 11.3 Å². The Labute approximate surface area is 78.9 Å². The van der Waals surface area contributed by atoms with Crippen molar-refractivity contribution in [3.63, 3.8) is 0 Å². The molecule has 1 nitrogen and oxygen atoms in total. The number of rotatable bonds is 2. The van der Waals surface area contributed by atoms with Crippen LogP contribution in [0.4, 0.5) is 0 Å². The molecule has 2 fully saturated rings. The third-order valence-corrected chi connectivity index (χ3v) is 4.91. The van der Waals surface area contributed by atoms with E-state index >= 15 is 0 Å². The molecular formula is C10H18OS. The molecule has 70 valence electrons. The summed E-state index contributed by atoms with van der Waals surface area (Å²) in [4.78, 5) is 0. The maximum Gasteiger partial charge on any atom is 0.0490 e. The van der Waals surface area contributed by atoms with Gasteiger partial charge in [-0.15, -0.1) is 0 Å². The summed E-state index contributed by atoms with van der Waals surface area (Å²) in [6.07, 6.45) is 6.66. The van der Waals surface area contributed by atoms with Gasteiger partial charge in [-0.3, -0.25) is 0 Å². The van der Waals surface area contributed by atoms with Crippen LogP contribution in [0.3, 0.4) is 0 Å². The molecule has 1 heterocycles. The zero-order valence-electron chi connectivity index (χ0n) is 7.59. The number of aliphatic hydroxyl groups excluding tert-OH is 1. The van der Waals surface area contributed by atoms with Gasteiger partial charge in [0.2, 0.25) is 0 Å². The summed E-state index contributed by atoms with van der Waals surface area (Å²) in [7, 11) is 0. The Bertz CT molecular complexity index is 142. The van der Waals surface area contributed by atoms with Crippen LogP contribution in [0.5, 0.6) is 0 Å². The second kappa shape index (κ2) is 3.59. The van der Waals surface area contributed by atoms with Gasteiger partial charge >= 0.3 is 0 Å². The molecule has 0 radical (unpaired) electrons. The largest absolute Gasteiger partial charge is 0.396 e. The highest BCUT2D eigenvalue weighted by molar-refractivity contribution is 7.99. The molecule has 0 aromatic heterocycles. The molecule has 1 saturated heterocycles. The van der Waals surface area contributed by atoms with Crippen LogP contribution in [-0.2, 0) is 0 Å². The minimum absolute atomic E-state index is 0.368. The predicted molar refractivity (Wildman–Crippen MR) is 53.4 cm³/mol. The molecule has 0 spiro atoms. The molecule has 1 N–H and O–H groups in total. The van der Waals surface area contributed by atoms with Crippen molar-refractivity contribution >= 4 is 11.8 Å². The molecule has 2 aliphatic rings. The first-order valence-corrected chi connectivity index (χ1v) is 6.21. The Hall–Kier alpha value is 0.310. The van der Waals surface area contributed by atoms with Crippen molar-refractivity contribution in [3.8, 4) is 0 Å². The molecule has 1 saturated carbocycles. The average molecular weight is 186 g/mol. The zero-order valence-corrected chi connectivity index (χ0v) is 8.41. The lowest BCUT2D eigenvalue weighted by molar-refractivity contribution is -0.00895. The summed E-state index contributed by atoms with van der Waals surface area (Å²) in [6, 6.07) is 0. The molecule has 2 rings (SSSR count). The number of thioether (sulfide) groups is 1. The smallest absolute Gasteiger partial charge is 0.0490 e. The molecule has 1 unspecified atom stereocenters. The standard InChI is InChI=1S/C10H18OS/c11-8-10(4-2-5-10)9-3-1-6-12-7-9/h9,11H,1-8H2. The topological polar surface area (TPSA) is 20.2 Å². The Kier molecular flexibility index (Phi) is 2.66. The van der Waals surface area contributed by atoms with Crippen LogP contribution in [0.1, 0.15) is 32.1 Å². The summed E-state index contributed by atoms with van der Waals surface area (Å²) in [6.45, 7) is 0.443. The molecule has 12 heavy (non-hydrogen) atoms. The molecular weight excluding hydrogens is 168 g/mol. The number of aliphatic hydroxyl groups is 1. The summed E-state index contributed by atoms with van der Waals surface area (Å²) >= 11 is 2.08. The van der Waals surface area contributed by atoms with E-state index in [0.29, 0.717) is 12.0 Å². The lowest BCUT2D eigenvalue weighted by atomic mass is 9.61. The number of hydrogen-bond donors (Lipinski definition) is 1. The zero-order chi connectivity index (χ0) is 8.44. The van der Waals surface area contributed by atoms with E-state index in [1.165, 1.54) is 43.6 Å². The first-order valence-electron chi connectivity index (χ1n) is 5.06. The summed E-state index contributed by atoms with van der Waals surface area (Å²) in [5, 5.41) is 9.38. The van der Waals surface area contributed by atoms with E-state index in [1.54, 1.807) is 0 Å². The van der Waals surface area contributed by atoms with E-state index < -0.39 is 0 Å². The SMILES string of the molecule is OCC1(C2CCCSC2)CCC1. The van der Waals surface area contributed by atoms with E-state index in [0.717, 1.165) is 5.92 Å². The second-order valence-electron chi connectivity index (χ2n) is 4.29. The normalized spacial score (nSPS) is 34.2. The fourth-order valence-corrected chi connectivity index (χ4v) is 3.89. The molecule has 1 atom stereocenters. The van der Waals surface area contributed by atoms with Gasteiger partial charge in [0.1, 0.15) is 0 Å². The summed E-state index contributed by atoms with van der Waals surface area (Å²) in [5.41, 5.74) is 0.368. The van der Waals surface area contributed by atoms with Gasteiger partial charge in [-0.05, 0) is 48.5 Å². The highest BCUT2D eigenvalue weighted by atomic mass is 32.2. The van der Waals surface area contributed by atoms with Gasteiger partial charge in [0.25, 0.3) is 0 Å². The summed E-state index contributed by atoms with van der Waals surface area (Å²) in [5.74, 6) is 3.48. The Morgan fingerprint density at radius 3 is 2.58 bits per heavy atom. The molecule has 2 heteroatoms. The van der Waals surface area contributed by atoms with E-state index in [4.69, 9.17) is 0 Å². The summed E-state index contributed by atoms with van der Waals surface area (Å²) < 4.78 is 0. The Morgan fingerprint density at radius 2 is 2.17 bits per heavy atom. The quantitative estimate of drug-likeness (QED) is 0.714. The van der Waals surface area contributed by atoms with E-state index in [2.05, 4.69) is 11.8 Å². The maximum absolute atomic E-state index is 9.38. The average Bonchev–Trinajstić information content (AvgIpc) is 2.05. The Balaban J connectivity index is 1.95. The monoisotopic (exact) mass is 186 g/mol. The van der Waals surface area contributed by atoms with Gasteiger partial charge in [-0.25, -0.2) is 0 Å². The lowest BCUT2D eigenvalue weighted by Crippen LogP contribution is -2.42. The van der Waals surface area contributed by atoms with Crippen molar-refractivity contribution in [1.82, 2.24) is 0 Å². The van der Waals surface area contributed by atoms with E-state index in [9.17, 15) is 5.11 Å². The van der Waals surface area contributed by atoms with Crippen molar-refractivity contribution in [2.45, 2.75) is 32.1 Å². The number of hydrogen-bond acceptors (Lipinski definition) is 2. The maximum atomic E-state index is 9.38. The molecule has 0 amide bonds. The fraction of sp³-hybridized carbons (Fsp3) is 1.00. The van der Waals surface area contributed by atoms with Crippen LogP contribution in [0.25, 0.3) is 0 Å². The van der Waals surface area contributed by atoms with Gasteiger partial charge in [-0.1, -0.05) is 6.42 Å². The van der Waals surface area contributed by atoms with E-state index in [-0.39, 0.29) is 0 Å². The first-order chi connectivity index (χ1) is 5.87. The molecule has 0 aromatic rings. The fourth-order valence-electron chi connectivity index (χ4n) is 2.55. The first kappa shape index (κ1) is 8.89. The van der Waals surface area contributed by atoms with Gasteiger partial charge in [-0.2, -0.15) is 11.8 Å². The van der Waals surface area contributed by atoms with Gasteiger partial charge in [0, 0.05) is 6.61 Å². The van der Waals surface area contributed by atoms with Crippen molar-refractivity contribution in [2.75, 3.05) is 18.1 Å².